The van der Waals surface area contributed by atoms with Crippen LogP contribution in [-0.4, -0.2) is 9.97 Å². The van der Waals surface area contributed by atoms with E-state index in [1.54, 1.807) is 0 Å². The van der Waals surface area contributed by atoms with E-state index >= 15 is 0 Å². The van der Waals surface area contributed by atoms with Crippen molar-refractivity contribution >= 4 is 34.1 Å². The molecule has 0 unspecified atom stereocenters. The van der Waals surface area contributed by atoms with Gasteiger partial charge in [0.05, 0.1) is 17.1 Å². The van der Waals surface area contributed by atoms with Crippen LogP contribution in [0.15, 0.2) is 48.5 Å². The highest BCUT2D eigenvalue weighted by Gasteiger charge is 2.09. The molecule has 0 bridgehead atoms. The number of hydrogen-bond acceptors (Lipinski definition) is 2. The Morgan fingerprint density at radius 3 is 2.45 bits per heavy atom. The van der Waals surface area contributed by atoms with Crippen LogP contribution in [0.5, 0.6) is 0 Å². The van der Waals surface area contributed by atoms with Gasteiger partial charge in [-0.25, -0.2) is 9.97 Å². The minimum absolute atomic E-state index is 0.306. The van der Waals surface area contributed by atoms with Gasteiger partial charge in [-0.1, -0.05) is 48.0 Å². The molecule has 2 aromatic carbocycles. The quantitative estimate of drug-likeness (QED) is 0.660. The molecule has 0 radical (unpaired) electrons. The summed E-state index contributed by atoms with van der Waals surface area (Å²) in [6.07, 6.45) is 0.673. The van der Waals surface area contributed by atoms with E-state index in [9.17, 15) is 0 Å². The molecule has 3 rings (SSSR count). The molecule has 0 aliphatic heterocycles. The minimum atomic E-state index is 0.306. The lowest BCUT2D eigenvalue weighted by Crippen LogP contribution is -2.01. The van der Waals surface area contributed by atoms with Crippen molar-refractivity contribution in [3.63, 3.8) is 0 Å². The molecule has 100 valence electrons. The summed E-state index contributed by atoms with van der Waals surface area (Å²) in [6.45, 7) is 0. The van der Waals surface area contributed by atoms with Gasteiger partial charge in [-0.3, -0.25) is 0 Å². The largest absolute Gasteiger partial charge is 0.236 e. The third kappa shape index (κ3) is 2.62. The van der Waals surface area contributed by atoms with Crippen molar-refractivity contribution in [2.24, 2.45) is 0 Å². The predicted octanol–water partition coefficient (Wildman–Crippen LogP) is 4.61. The highest BCUT2D eigenvalue weighted by Crippen LogP contribution is 2.23. The second-order valence-electron chi connectivity index (χ2n) is 4.51. The van der Waals surface area contributed by atoms with E-state index in [-0.39, 0.29) is 0 Å². The molecule has 4 heteroatoms. The number of nitrogens with zero attached hydrogens (tertiary/aromatic N) is 2. The van der Waals surface area contributed by atoms with Crippen LogP contribution in [0.3, 0.4) is 0 Å². The normalized spacial score (nSPS) is 10.9. The molecule has 0 N–H and O–H groups in total. The molecule has 20 heavy (non-hydrogen) atoms. The molecule has 0 amide bonds. The lowest BCUT2D eigenvalue weighted by Gasteiger charge is -2.08. The SMILES string of the molecule is ClCc1nc(Cc2ccccc2Cl)c2ccccc2n1. The summed E-state index contributed by atoms with van der Waals surface area (Å²) in [5, 5.41) is 1.80. The average Bonchev–Trinajstić information content (AvgIpc) is 2.49. The first-order valence-corrected chi connectivity index (χ1v) is 7.23. The fourth-order valence-corrected chi connectivity index (χ4v) is 2.53. The number of hydrogen-bond donors (Lipinski definition) is 0. The first-order chi connectivity index (χ1) is 9.78. The smallest absolute Gasteiger partial charge is 0.144 e. The van der Waals surface area contributed by atoms with Crippen molar-refractivity contribution in [1.29, 1.82) is 0 Å². The maximum atomic E-state index is 6.23. The molecule has 0 saturated carbocycles. The fraction of sp³-hybridized carbons (Fsp3) is 0.125. The molecule has 3 aromatic rings. The number of fused-ring (bicyclic) bond motifs is 1. The lowest BCUT2D eigenvalue weighted by atomic mass is 10.1. The summed E-state index contributed by atoms with van der Waals surface area (Å²) in [5.41, 5.74) is 2.93. The molecule has 1 heterocycles. The summed E-state index contributed by atoms with van der Waals surface area (Å²) >= 11 is 12.1. The zero-order valence-corrected chi connectivity index (χ0v) is 12.2. The van der Waals surface area contributed by atoms with E-state index in [0.717, 1.165) is 27.2 Å². The van der Waals surface area contributed by atoms with Crippen LogP contribution >= 0.6 is 23.2 Å². The van der Waals surface area contributed by atoms with Gasteiger partial charge in [-0.15, -0.1) is 11.6 Å². The number of rotatable bonds is 3. The van der Waals surface area contributed by atoms with Crippen molar-refractivity contribution in [2.45, 2.75) is 12.3 Å². The van der Waals surface area contributed by atoms with Crippen LogP contribution in [0.25, 0.3) is 10.9 Å². The van der Waals surface area contributed by atoms with Crippen LogP contribution in [0.2, 0.25) is 5.02 Å². The van der Waals surface area contributed by atoms with Gasteiger partial charge in [0.25, 0.3) is 0 Å². The third-order valence-corrected chi connectivity index (χ3v) is 3.77. The monoisotopic (exact) mass is 302 g/mol. The maximum Gasteiger partial charge on any atom is 0.144 e. The Kier molecular flexibility index (Phi) is 3.86. The van der Waals surface area contributed by atoms with Gasteiger partial charge in [0.15, 0.2) is 0 Å². The Balaban J connectivity index is 2.13. The molecule has 1 aromatic heterocycles. The predicted molar refractivity (Wildman–Crippen MR) is 83.4 cm³/mol. The van der Waals surface area contributed by atoms with E-state index in [1.807, 2.05) is 48.5 Å². The number of alkyl halides is 1. The molecule has 0 aliphatic rings. The van der Waals surface area contributed by atoms with Gasteiger partial charge in [0.2, 0.25) is 0 Å². The van der Waals surface area contributed by atoms with Crippen LogP contribution in [0.1, 0.15) is 17.1 Å². The lowest BCUT2D eigenvalue weighted by molar-refractivity contribution is 0.987. The first-order valence-electron chi connectivity index (χ1n) is 6.32. The van der Waals surface area contributed by atoms with Gasteiger partial charge in [0.1, 0.15) is 5.82 Å². The van der Waals surface area contributed by atoms with Crippen molar-refractivity contribution in [1.82, 2.24) is 9.97 Å². The Labute approximate surface area is 127 Å². The maximum absolute atomic E-state index is 6.23. The second kappa shape index (κ2) is 5.78. The number of para-hydroxylation sites is 1. The van der Waals surface area contributed by atoms with Crippen molar-refractivity contribution < 1.29 is 0 Å². The Morgan fingerprint density at radius 1 is 0.900 bits per heavy atom. The molecular formula is C16H12Cl2N2. The molecule has 0 atom stereocenters. The van der Waals surface area contributed by atoms with Gasteiger partial charge in [0, 0.05) is 16.8 Å². The van der Waals surface area contributed by atoms with Crippen molar-refractivity contribution in [3.8, 4) is 0 Å². The molecule has 0 saturated heterocycles. The Morgan fingerprint density at radius 2 is 1.65 bits per heavy atom. The minimum Gasteiger partial charge on any atom is -0.236 e. The summed E-state index contributed by atoms with van der Waals surface area (Å²) in [4.78, 5) is 9.00. The number of halogens is 2. The molecule has 0 fully saturated rings. The van der Waals surface area contributed by atoms with Crippen LogP contribution in [0, 0.1) is 0 Å². The van der Waals surface area contributed by atoms with E-state index in [4.69, 9.17) is 23.2 Å². The van der Waals surface area contributed by atoms with Crippen molar-refractivity contribution in [3.05, 3.63) is 70.6 Å². The topological polar surface area (TPSA) is 25.8 Å². The zero-order valence-electron chi connectivity index (χ0n) is 10.7. The number of aromatic nitrogens is 2. The van der Waals surface area contributed by atoms with E-state index in [1.165, 1.54) is 0 Å². The second-order valence-corrected chi connectivity index (χ2v) is 5.18. The highest BCUT2D eigenvalue weighted by molar-refractivity contribution is 6.31. The molecule has 0 spiro atoms. The Bertz CT molecular complexity index is 756. The zero-order chi connectivity index (χ0) is 13.9. The van der Waals surface area contributed by atoms with E-state index in [2.05, 4.69) is 9.97 Å². The number of benzene rings is 2. The van der Waals surface area contributed by atoms with Crippen LogP contribution in [0.4, 0.5) is 0 Å². The third-order valence-electron chi connectivity index (χ3n) is 3.16. The van der Waals surface area contributed by atoms with Gasteiger partial charge >= 0.3 is 0 Å². The summed E-state index contributed by atoms with van der Waals surface area (Å²) in [6, 6.07) is 15.8. The van der Waals surface area contributed by atoms with Crippen molar-refractivity contribution in [2.75, 3.05) is 0 Å². The average molecular weight is 303 g/mol. The van der Waals surface area contributed by atoms with Crippen LogP contribution < -0.4 is 0 Å². The summed E-state index contributed by atoms with van der Waals surface area (Å²) in [7, 11) is 0. The first kappa shape index (κ1) is 13.3. The van der Waals surface area contributed by atoms with E-state index < -0.39 is 0 Å². The summed E-state index contributed by atoms with van der Waals surface area (Å²) in [5.74, 6) is 0.952. The molecule has 2 nitrogen and oxygen atoms in total. The summed E-state index contributed by atoms with van der Waals surface area (Å²) < 4.78 is 0. The molecule has 0 aliphatic carbocycles. The van der Waals surface area contributed by atoms with Gasteiger partial charge in [-0.2, -0.15) is 0 Å². The van der Waals surface area contributed by atoms with Crippen LogP contribution in [-0.2, 0) is 12.3 Å². The van der Waals surface area contributed by atoms with E-state index in [0.29, 0.717) is 18.1 Å². The fourth-order valence-electron chi connectivity index (χ4n) is 2.21. The molecular weight excluding hydrogens is 291 g/mol. The van der Waals surface area contributed by atoms with Gasteiger partial charge < -0.3 is 0 Å². The van der Waals surface area contributed by atoms with Gasteiger partial charge in [-0.05, 0) is 17.7 Å². The standard InChI is InChI=1S/C16H12Cl2N2/c17-10-16-19-14-8-4-2-6-12(14)15(20-16)9-11-5-1-3-7-13(11)18/h1-8H,9-10H2. The highest BCUT2D eigenvalue weighted by atomic mass is 35.5. The Hall–Kier alpha value is -1.64.